The third kappa shape index (κ3) is 3.71. The van der Waals surface area contributed by atoms with E-state index in [9.17, 15) is 18.8 Å². The average molecular weight is 462 g/mol. The Morgan fingerprint density at radius 1 is 1.12 bits per heavy atom. The zero-order valence-corrected chi connectivity index (χ0v) is 17.7. The standard InChI is InChI=1S/C20H17ClFN5O5/c1-31-14-8-15(32-2)13(7-12(14)21)23-16(28)9-26-18-17(24-25-26)19(29)27(20(18)30)11-5-3-10(22)4-6-11/h3-8,17-18H,9H2,1-2H3,(H,23,28)/t17-,18-/m0/s1. The first-order valence-electron chi connectivity index (χ1n) is 9.36. The lowest BCUT2D eigenvalue weighted by Gasteiger charge is -2.20. The predicted molar refractivity (Wildman–Crippen MR) is 111 cm³/mol. The summed E-state index contributed by atoms with van der Waals surface area (Å²) in [4.78, 5) is 39.1. The number of benzene rings is 2. The largest absolute Gasteiger partial charge is 0.495 e. The highest BCUT2D eigenvalue weighted by Gasteiger charge is 2.55. The second-order valence-electron chi connectivity index (χ2n) is 6.92. The van der Waals surface area contributed by atoms with Gasteiger partial charge < -0.3 is 14.8 Å². The van der Waals surface area contributed by atoms with Crippen molar-refractivity contribution < 1.29 is 28.2 Å². The molecule has 1 N–H and O–H groups in total. The summed E-state index contributed by atoms with van der Waals surface area (Å²) in [7, 11) is 2.87. The number of carbonyl (C=O) groups is 3. The maximum atomic E-state index is 13.2. The number of ether oxygens (including phenoxy) is 2. The molecule has 2 aromatic rings. The maximum absolute atomic E-state index is 13.2. The molecule has 1 fully saturated rings. The SMILES string of the molecule is COc1cc(OC)c(NC(=O)CN2N=N[C@@H]3C(=O)N(c4ccc(F)cc4)C(=O)[C@H]32)cc1Cl. The summed E-state index contributed by atoms with van der Waals surface area (Å²) in [5, 5.41) is 11.7. The van der Waals surface area contributed by atoms with Gasteiger partial charge in [-0.1, -0.05) is 16.8 Å². The van der Waals surface area contributed by atoms with Gasteiger partial charge in [-0.25, -0.2) is 9.29 Å². The Bertz CT molecular complexity index is 1130. The van der Waals surface area contributed by atoms with Crippen LogP contribution in [0.15, 0.2) is 46.7 Å². The van der Waals surface area contributed by atoms with E-state index in [1.54, 1.807) is 0 Å². The van der Waals surface area contributed by atoms with Crippen molar-refractivity contribution in [1.82, 2.24) is 5.01 Å². The molecule has 0 aromatic heterocycles. The van der Waals surface area contributed by atoms with Gasteiger partial charge in [-0.3, -0.25) is 19.4 Å². The highest BCUT2D eigenvalue weighted by atomic mass is 35.5. The minimum atomic E-state index is -1.08. The molecule has 0 bridgehead atoms. The predicted octanol–water partition coefficient (Wildman–Crippen LogP) is 2.43. The minimum absolute atomic E-state index is 0.216. The zero-order chi connectivity index (χ0) is 23.0. The molecule has 2 aliphatic rings. The summed E-state index contributed by atoms with van der Waals surface area (Å²) >= 11 is 6.12. The molecule has 0 saturated carbocycles. The van der Waals surface area contributed by atoms with E-state index in [2.05, 4.69) is 15.7 Å². The van der Waals surface area contributed by atoms with Gasteiger partial charge in [0, 0.05) is 6.07 Å². The van der Waals surface area contributed by atoms with E-state index in [0.717, 1.165) is 22.0 Å². The normalized spacial score (nSPS) is 19.4. The molecule has 2 atom stereocenters. The Morgan fingerprint density at radius 2 is 1.81 bits per heavy atom. The molecule has 2 heterocycles. The molecular formula is C20H17ClFN5O5. The summed E-state index contributed by atoms with van der Waals surface area (Å²) in [6, 6.07) is 5.76. The molecule has 0 radical (unpaired) electrons. The summed E-state index contributed by atoms with van der Waals surface area (Å²) in [5.74, 6) is -1.55. The summed E-state index contributed by atoms with van der Waals surface area (Å²) in [6.07, 6.45) is 0. The number of rotatable bonds is 6. The van der Waals surface area contributed by atoms with Crippen LogP contribution in [-0.2, 0) is 14.4 Å². The van der Waals surface area contributed by atoms with E-state index >= 15 is 0 Å². The number of anilines is 2. The van der Waals surface area contributed by atoms with E-state index in [1.165, 1.54) is 38.5 Å². The van der Waals surface area contributed by atoms with Gasteiger partial charge in [0.2, 0.25) is 5.91 Å². The molecule has 166 valence electrons. The molecule has 10 nitrogen and oxygen atoms in total. The van der Waals surface area contributed by atoms with Crippen molar-refractivity contribution in [3.8, 4) is 11.5 Å². The summed E-state index contributed by atoms with van der Waals surface area (Å²) in [5.41, 5.74) is 0.505. The van der Waals surface area contributed by atoms with E-state index < -0.39 is 35.6 Å². The number of hydrogen-bond acceptors (Lipinski definition) is 8. The van der Waals surface area contributed by atoms with Gasteiger partial charge in [-0.05, 0) is 30.3 Å². The molecular weight excluding hydrogens is 445 g/mol. The van der Waals surface area contributed by atoms with Crippen LogP contribution >= 0.6 is 11.6 Å². The molecule has 2 aromatic carbocycles. The topological polar surface area (TPSA) is 113 Å². The van der Waals surface area contributed by atoms with Crippen molar-refractivity contribution in [3.63, 3.8) is 0 Å². The Balaban J connectivity index is 1.49. The quantitative estimate of drug-likeness (QED) is 0.661. The zero-order valence-electron chi connectivity index (χ0n) is 16.9. The Labute approximate surface area is 186 Å². The third-order valence-corrected chi connectivity index (χ3v) is 5.29. The fraction of sp³-hybridized carbons (Fsp3) is 0.250. The monoisotopic (exact) mass is 461 g/mol. The highest BCUT2D eigenvalue weighted by molar-refractivity contribution is 6.32. The van der Waals surface area contributed by atoms with Gasteiger partial charge in [-0.15, -0.1) is 0 Å². The van der Waals surface area contributed by atoms with Crippen LogP contribution in [0.3, 0.4) is 0 Å². The molecule has 4 rings (SSSR count). The molecule has 32 heavy (non-hydrogen) atoms. The first kappa shape index (κ1) is 21.5. The van der Waals surface area contributed by atoms with Crippen molar-refractivity contribution in [3.05, 3.63) is 47.2 Å². The van der Waals surface area contributed by atoms with Gasteiger partial charge in [0.25, 0.3) is 11.8 Å². The number of halogens is 2. The highest BCUT2D eigenvalue weighted by Crippen LogP contribution is 2.36. The number of methoxy groups -OCH3 is 2. The van der Waals surface area contributed by atoms with Gasteiger partial charge in [0.15, 0.2) is 12.1 Å². The second-order valence-corrected chi connectivity index (χ2v) is 7.32. The van der Waals surface area contributed by atoms with Crippen molar-refractivity contribution in [1.29, 1.82) is 0 Å². The second kappa shape index (κ2) is 8.42. The van der Waals surface area contributed by atoms with Crippen molar-refractivity contribution >= 4 is 40.7 Å². The number of hydrogen-bond donors (Lipinski definition) is 1. The lowest BCUT2D eigenvalue weighted by atomic mass is 10.1. The molecule has 1 saturated heterocycles. The molecule has 2 aliphatic heterocycles. The molecule has 3 amide bonds. The summed E-state index contributed by atoms with van der Waals surface area (Å²) in [6.45, 7) is -0.353. The van der Waals surface area contributed by atoms with E-state index in [1.807, 2.05) is 0 Å². The third-order valence-electron chi connectivity index (χ3n) is 5.00. The van der Waals surface area contributed by atoms with Gasteiger partial charge in [0.1, 0.15) is 23.9 Å². The van der Waals surface area contributed by atoms with Crippen LogP contribution in [0.25, 0.3) is 0 Å². The van der Waals surface area contributed by atoms with Gasteiger partial charge in [0.05, 0.1) is 30.6 Å². The van der Waals surface area contributed by atoms with Crippen LogP contribution in [0.2, 0.25) is 5.02 Å². The Hall–Kier alpha value is -3.73. The van der Waals surface area contributed by atoms with Crippen LogP contribution in [-0.4, -0.2) is 55.6 Å². The maximum Gasteiger partial charge on any atom is 0.263 e. The smallest absolute Gasteiger partial charge is 0.263 e. The number of amides is 3. The molecule has 0 unspecified atom stereocenters. The number of nitrogens with one attached hydrogen (secondary N) is 1. The lowest BCUT2D eigenvalue weighted by molar-refractivity contribution is -0.123. The fourth-order valence-corrected chi connectivity index (χ4v) is 3.73. The van der Waals surface area contributed by atoms with Crippen LogP contribution in [0.5, 0.6) is 11.5 Å². The van der Waals surface area contributed by atoms with Crippen molar-refractivity contribution in [2.75, 3.05) is 31.0 Å². The minimum Gasteiger partial charge on any atom is -0.495 e. The average Bonchev–Trinajstić information content (AvgIpc) is 3.28. The summed E-state index contributed by atoms with van der Waals surface area (Å²) < 4.78 is 23.6. The Morgan fingerprint density at radius 3 is 2.47 bits per heavy atom. The van der Waals surface area contributed by atoms with E-state index in [0.29, 0.717) is 11.5 Å². The Kier molecular flexibility index (Phi) is 5.66. The fourth-order valence-electron chi connectivity index (χ4n) is 3.49. The molecule has 0 aliphatic carbocycles. The number of fused-ring (bicyclic) bond motifs is 1. The van der Waals surface area contributed by atoms with Crippen LogP contribution in [0.4, 0.5) is 15.8 Å². The van der Waals surface area contributed by atoms with Gasteiger partial charge >= 0.3 is 0 Å². The van der Waals surface area contributed by atoms with E-state index in [-0.39, 0.29) is 22.9 Å². The first-order valence-corrected chi connectivity index (χ1v) is 9.74. The van der Waals surface area contributed by atoms with Crippen LogP contribution < -0.4 is 19.7 Å². The number of carbonyl (C=O) groups excluding carboxylic acids is 3. The van der Waals surface area contributed by atoms with Crippen molar-refractivity contribution in [2.45, 2.75) is 12.1 Å². The lowest BCUT2D eigenvalue weighted by Crippen LogP contribution is -2.43. The van der Waals surface area contributed by atoms with Crippen molar-refractivity contribution in [2.24, 2.45) is 10.3 Å². The molecule has 0 spiro atoms. The van der Waals surface area contributed by atoms with Crippen LogP contribution in [0.1, 0.15) is 0 Å². The van der Waals surface area contributed by atoms with Gasteiger partial charge in [-0.2, -0.15) is 5.11 Å². The van der Waals surface area contributed by atoms with E-state index in [4.69, 9.17) is 21.1 Å². The molecule has 12 heteroatoms. The number of imide groups is 1. The number of nitrogens with zero attached hydrogens (tertiary/aromatic N) is 4. The first-order chi connectivity index (χ1) is 15.3. The van der Waals surface area contributed by atoms with Crippen LogP contribution in [0, 0.1) is 5.82 Å².